The first-order chi connectivity index (χ1) is 16.4. The van der Waals surface area contributed by atoms with Gasteiger partial charge in [-0.3, -0.25) is 4.79 Å². The van der Waals surface area contributed by atoms with Crippen molar-refractivity contribution in [2.45, 2.75) is 11.8 Å². The molecule has 0 bridgehead atoms. The normalized spacial score (nSPS) is 13.1. The molecule has 2 heterocycles. The summed E-state index contributed by atoms with van der Waals surface area (Å²) < 4.78 is 41.8. The lowest BCUT2D eigenvalue weighted by atomic mass is 10.1. The number of nitrogens with one attached hydrogen (secondary N) is 2. The quantitative estimate of drug-likeness (QED) is 0.425. The zero-order valence-electron chi connectivity index (χ0n) is 17.9. The lowest BCUT2D eigenvalue weighted by Gasteiger charge is -2.08. The first kappa shape index (κ1) is 21.5. The minimum atomic E-state index is -3.98. The predicted molar refractivity (Wildman–Crippen MR) is 124 cm³/mol. The zero-order valence-corrected chi connectivity index (χ0v) is 18.8. The minimum Gasteiger partial charge on any atom is -0.454 e. The third kappa shape index (κ3) is 4.30. The highest BCUT2D eigenvalue weighted by Gasteiger charge is 2.18. The summed E-state index contributed by atoms with van der Waals surface area (Å²) in [5, 5.41) is 7.35. The Morgan fingerprint density at radius 2 is 1.71 bits per heavy atom. The van der Waals surface area contributed by atoms with Crippen molar-refractivity contribution in [3.63, 3.8) is 0 Å². The van der Waals surface area contributed by atoms with E-state index < -0.39 is 15.9 Å². The van der Waals surface area contributed by atoms with Gasteiger partial charge >= 0.3 is 0 Å². The van der Waals surface area contributed by atoms with E-state index in [1.165, 1.54) is 12.1 Å². The van der Waals surface area contributed by atoms with Crippen LogP contribution in [-0.2, 0) is 10.0 Å². The number of anilines is 1. The van der Waals surface area contributed by atoms with E-state index in [0.29, 0.717) is 28.2 Å². The van der Waals surface area contributed by atoms with Crippen LogP contribution in [0, 0.1) is 6.92 Å². The number of hydrogen-bond acceptors (Lipinski definition) is 7. The Hall–Kier alpha value is -4.31. The number of sulfonamides is 1. The molecule has 0 saturated heterocycles. The average Bonchev–Trinajstić information content (AvgIpc) is 3.30. The van der Waals surface area contributed by atoms with Crippen LogP contribution in [0.25, 0.3) is 11.0 Å². The number of benzene rings is 3. The number of rotatable bonds is 5. The Kier molecular flexibility index (Phi) is 5.42. The Morgan fingerprint density at radius 1 is 0.941 bits per heavy atom. The highest BCUT2D eigenvalue weighted by atomic mass is 32.2. The molecule has 0 fully saturated rings. The van der Waals surface area contributed by atoms with Gasteiger partial charge in [-0.15, -0.1) is 5.10 Å². The van der Waals surface area contributed by atoms with Crippen molar-refractivity contribution in [2.75, 3.05) is 12.1 Å². The van der Waals surface area contributed by atoms with Gasteiger partial charge in [-0.05, 0) is 43.3 Å². The third-order valence-corrected chi connectivity index (χ3v) is 6.35. The molecule has 1 aromatic heterocycles. The summed E-state index contributed by atoms with van der Waals surface area (Å²) in [6, 6.07) is 19.9. The number of carbonyl (C=O) groups excluding carboxylic acids is 1. The van der Waals surface area contributed by atoms with E-state index >= 15 is 0 Å². The van der Waals surface area contributed by atoms with Crippen LogP contribution in [0.15, 0.2) is 87.2 Å². The van der Waals surface area contributed by atoms with Crippen LogP contribution in [0.2, 0.25) is 0 Å². The first-order valence-corrected chi connectivity index (χ1v) is 11.7. The molecule has 172 valence electrons. The number of para-hydroxylation sites is 1. The maximum absolute atomic E-state index is 13.1. The standard InChI is InChI=1S/C24H19N3O6S/c1-15-6-9-18(10-7-15)34(29,30)27-26-24-19(12-16-4-2-3-5-20(16)33-24)23(28)25-17-8-11-21-22(13-17)32-14-31-21/h2-13,27H,14H2,1H3,(H,25,28)/b26-24+. The van der Waals surface area contributed by atoms with Gasteiger partial charge in [-0.25, -0.2) is 0 Å². The second-order valence-electron chi connectivity index (χ2n) is 7.54. The van der Waals surface area contributed by atoms with Crippen LogP contribution in [0.3, 0.4) is 0 Å². The minimum absolute atomic E-state index is 0.0361. The van der Waals surface area contributed by atoms with Crippen molar-refractivity contribution in [2.24, 2.45) is 5.10 Å². The van der Waals surface area contributed by atoms with Crippen LogP contribution in [0.4, 0.5) is 5.69 Å². The number of amides is 1. The van der Waals surface area contributed by atoms with E-state index in [4.69, 9.17) is 13.9 Å². The van der Waals surface area contributed by atoms with E-state index in [0.717, 1.165) is 5.56 Å². The van der Waals surface area contributed by atoms with Crippen molar-refractivity contribution >= 4 is 32.6 Å². The zero-order chi connectivity index (χ0) is 23.7. The Balaban J connectivity index is 1.52. The molecular weight excluding hydrogens is 458 g/mol. The topological polar surface area (TPSA) is 119 Å². The van der Waals surface area contributed by atoms with Gasteiger partial charge in [0.1, 0.15) is 11.1 Å². The smallest absolute Gasteiger partial charge is 0.276 e. The van der Waals surface area contributed by atoms with Crippen LogP contribution >= 0.6 is 0 Å². The fraction of sp³-hybridized carbons (Fsp3) is 0.0833. The molecule has 3 aromatic carbocycles. The summed E-state index contributed by atoms with van der Waals surface area (Å²) in [5.74, 6) is 0.554. The van der Waals surface area contributed by atoms with E-state index in [1.807, 2.05) is 6.92 Å². The molecule has 1 aliphatic rings. The summed E-state index contributed by atoms with van der Waals surface area (Å²) in [4.78, 5) is 15.3. The molecule has 9 nitrogen and oxygen atoms in total. The van der Waals surface area contributed by atoms with E-state index in [-0.39, 0.29) is 22.8 Å². The molecule has 5 rings (SSSR count). The maximum Gasteiger partial charge on any atom is 0.276 e. The molecule has 0 aliphatic carbocycles. The van der Waals surface area contributed by atoms with Gasteiger partial charge in [0.2, 0.25) is 12.3 Å². The van der Waals surface area contributed by atoms with Gasteiger partial charge < -0.3 is 19.2 Å². The summed E-state index contributed by atoms with van der Waals surface area (Å²) in [5.41, 5.74) is 1.68. The van der Waals surface area contributed by atoms with Crippen LogP contribution in [0.1, 0.15) is 15.9 Å². The summed E-state index contributed by atoms with van der Waals surface area (Å²) in [6.07, 6.45) is 0. The number of fused-ring (bicyclic) bond motifs is 2. The van der Waals surface area contributed by atoms with Crippen LogP contribution < -0.4 is 25.2 Å². The summed E-state index contributed by atoms with van der Waals surface area (Å²) in [6.45, 7) is 1.97. The first-order valence-electron chi connectivity index (χ1n) is 10.3. The van der Waals surface area contributed by atoms with Crippen molar-refractivity contribution in [3.8, 4) is 11.5 Å². The molecule has 0 spiro atoms. The Bertz CT molecular complexity index is 1580. The van der Waals surface area contributed by atoms with Crippen molar-refractivity contribution < 1.29 is 27.1 Å². The van der Waals surface area contributed by atoms with Gasteiger partial charge in [-0.1, -0.05) is 35.9 Å². The number of carbonyl (C=O) groups is 1. The summed E-state index contributed by atoms with van der Waals surface area (Å²) >= 11 is 0. The third-order valence-electron chi connectivity index (χ3n) is 5.13. The van der Waals surface area contributed by atoms with Crippen molar-refractivity contribution in [1.82, 2.24) is 4.83 Å². The van der Waals surface area contributed by atoms with Crippen LogP contribution in [0.5, 0.6) is 11.5 Å². The fourth-order valence-electron chi connectivity index (χ4n) is 3.36. The molecule has 2 N–H and O–H groups in total. The second kappa shape index (κ2) is 8.56. The molecular formula is C24H19N3O6S. The lowest BCUT2D eigenvalue weighted by Crippen LogP contribution is -2.27. The van der Waals surface area contributed by atoms with E-state index in [1.54, 1.807) is 60.7 Å². The van der Waals surface area contributed by atoms with Gasteiger partial charge in [0.05, 0.1) is 4.90 Å². The summed E-state index contributed by atoms with van der Waals surface area (Å²) in [7, 11) is -3.98. The molecule has 4 aromatic rings. The SMILES string of the molecule is Cc1ccc(S(=O)(=O)N/N=c2/oc3ccccc3cc2C(=O)Nc2ccc3c(c2)OCO3)cc1. The average molecular weight is 477 g/mol. The molecule has 1 aliphatic heterocycles. The number of nitrogens with zero attached hydrogens (tertiary/aromatic N) is 1. The monoisotopic (exact) mass is 477 g/mol. The Morgan fingerprint density at radius 3 is 2.53 bits per heavy atom. The predicted octanol–water partition coefficient (Wildman–Crippen LogP) is 3.52. The van der Waals surface area contributed by atoms with Gasteiger partial charge in [-0.2, -0.15) is 13.2 Å². The van der Waals surface area contributed by atoms with E-state index in [9.17, 15) is 13.2 Å². The molecule has 0 unspecified atom stereocenters. The largest absolute Gasteiger partial charge is 0.454 e. The van der Waals surface area contributed by atoms with Crippen LogP contribution in [-0.4, -0.2) is 21.1 Å². The highest BCUT2D eigenvalue weighted by Crippen LogP contribution is 2.34. The molecule has 10 heteroatoms. The molecule has 0 radical (unpaired) electrons. The van der Waals surface area contributed by atoms with Gasteiger partial charge in [0.25, 0.3) is 15.9 Å². The van der Waals surface area contributed by atoms with Gasteiger partial charge in [0.15, 0.2) is 11.5 Å². The number of ether oxygens (including phenoxy) is 2. The number of aryl methyl sites for hydroxylation is 1. The van der Waals surface area contributed by atoms with Gasteiger partial charge in [0, 0.05) is 17.1 Å². The molecule has 1 amide bonds. The molecule has 0 saturated carbocycles. The Labute approximate surface area is 194 Å². The van der Waals surface area contributed by atoms with Crippen molar-refractivity contribution in [3.05, 3.63) is 89.5 Å². The fourth-order valence-corrected chi connectivity index (χ4v) is 4.16. The number of hydrogen-bond donors (Lipinski definition) is 2. The molecule has 34 heavy (non-hydrogen) atoms. The highest BCUT2D eigenvalue weighted by molar-refractivity contribution is 7.89. The van der Waals surface area contributed by atoms with Crippen molar-refractivity contribution in [1.29, 1.82) is 0 Å². The van der Waals surface area contributed by atoms with E-state index in [2.05, 4.69) is 15.2 Å². The lowest BCUT2D eigenvalue weighted by molar-refractivity contribution is 0.102. The molecule has 0 atom stereocenters. The second-order valence-corrected chi connectivity index (χ2v) is 9.21. The maximum atomic E-state index is 13.1.